The lowest BCUT2D eigenvalue weighted by Crippen LogP contribution is -2.44. The number of Topliss-reactive ketones (excluding diaryl/α,β-unsaturated/α-hetero) is 1. The van der Waals surface area contributed by atoms with Crippen molar-refractivity contribution >= 4 is 11.5 Å². The Morgan fingerprint density at radius 2 is 1.83 bits per heavy atom. The van der Waals surface area contributed by atoms with Crippen molar-refractivity contribution in [2.75, 3.05) is 5.32 Å². The predicted octanol–water partition coefficient (Wildman–Crippen LogP) is 1.61. The molecule has 1 aliphatic rings. The number of carbonyl (C=O) groups excluding carboxylic acids is 1. The first-order chi connectivity index (χ1) is 8.63. The molecule has 0 bridgehead atoms. The van der Waals surface area contributed by atoms with Gasteiger partial charge in [-0.25, -0.2) is 4.39 Å². The fourth-order valence-electron chi connectivity index (χ4n) is 2.08. The molecule has 1 unspecified atom stereocenters. The Kier molecular flexibility index (Phi) is 4.28. The van der Waals surface area contributed by atoms with Crippen LogP contribution >= 0.6 is 0 Å². The molecule has 98 valence electrons. The second kappa shape index (κ2) is 5.93. The molecule has 4 nitrogen and oxygen atoms in total. The molecule has 1 saturated carbocycles. The van der Waals surface area contributed by atoms with E-state index in [-0.39, 0.29) is 17.6 Å². The van der Waals surface area contributed by atoms with Crippen LogP contribution in [-0.4, -0.2) is 23.3 Å². The molecule has 0 aromatic heterocycles. The van der Waals surface area contributed by atoms with E-state index in [1.54, 1.807) is 12.1 Å². The Morgan fingerprint density at radius 1 is 1.22 bits per heavy atom. The van der Waals surface area contributed by atoms with E-state index in [0.717, 1.165) is 12.8 Å². The highest BCUT2D eigenvalue weighted by Crippen LogP contribution is 2.15. The average molecular weight is 252 g/mol. The highest BCUT2D eigenvalue weighted by atomic mass is 19.1. The standard InChI is InChI=1S/C13H17FN2O2/c14-9-1-3-10(4-2-9)15-13(18)16-11-5-7-12(17)8-6-11/h1-4,11,13,15-16,18H,5-8H2. The molecular formula is C13H17FN2O2. The van der Waals surface area contributed by atoms with Crippen LogP contribution in [0.1, 0.15) is 25.7 Å². The topological polar surface area (TPSA) is 61.4 Å². The van der Waals surface area contributed by atoms with Gasteiger partial charge in [0.25, 0.3) is 0 Å². The maximum atomic E-state index is 12.7. The van der Waals surface area contributed by atoms with E-state index in [9.17, 15) is 14.3 Å². The number of carbonyl (C=O) groups is 1. The van der Waals surface area contributed by atoms with E-state index in [1.807, 2.05) is 0 Å². The largest absolute Gasteiger partial charge is 0.361 e. The van der Waals surface area contributed by atoms with Crippen LogP contribution in [0.15, 0.2) is 24.3 Å². The molecule has 1 fully saturated rings. The number of aliphatic hydroxyl groups is 1. The van der Waals surface area contributed by atoms with Gasteiger partial charge in [-0.2, -0.15) is 0 Å². The van der Waals surface area contributed by atoms with Crippen LogP contribution in [-0.2, 0) is 4.79 Å². The number of halogens is 1. The predicted molar refractivity (Wildman–Crippen MR) is 66.4 cm³/mol. The summed E-state index contributed by atoms with van der Waals surface area (Å²) < 4.78 is 12.7. The maximum absolute atomic E-state index is 12.7. The quantitative estimate of drug-likeness (QED) is 0.713. The molecule has 1 aromatic rings. The summed E-state index contributed by atoms with van der Waals surface area (Å²) in [5.41, 5.74) is 0.642. The first kappa shape index (κ1) is 13.0. The first-order valence-corrected chi connectivity index (χ1v) is 6.11. The second-order valence-corrected chi connectivity index (χ2v) is 4.53. The Morgan fingerprint density at radius 3 is 2.44 bits per heavy atom. The monoisotopic (exact) mass is 252 g/mol. The van der Waals surface area contributed by atoms with Gasteiger partial charge in [0.15, 0.2) is 6.35 Å². The van der Waals surface area contributed by atoms with Gasteiger partial charge in [0.2, 0.25) is 0 Å². The number of hydrogen-bond acceptors (Lipinski definition) is 4. The molecule has 1 aliphatic carbocycles. The maximum Gasteiger partial charge on any atom is 0.181 e. The molecule has 1 aromatic carbocycles. The van der Waals surface area contributed by atoms with Crippen molar-refractivity contribution in [2.45, 2.75) is 38.1 Å². The Bertz CT molecular complexity index is 398. The van der Waals surface area contributed by atoms with Crippen LogP contribution in [0.5, 0.6) is 0 Å². The van der Waals surface area contributed by atoms with Crippen LogP contribution in [0, 0.1) is 5.82 Å². The molecule has 5 heteroatoms. The molecule has 0 amide bonds. The van der Waals surface area contributed by atoms with Gasteiger partial charge in [-0.3, -0.25) is 10.1 Å². The van der Waals surface area contributed by atoms with Gasteiger partial charge < -0.3 is 10.4 Å². The number of nitrogens with one attached hydrogen (secondary N) is 2. The zero-order valence-corrected chi connectivity index (χ0v) is 10.0. The number of hydrogen-bond donors (Lipinski definition) is 3. The summed E-state index contributed by atoms with van der Waals surface area (Å²) in [6, 6.07) is 5.92. The van der Waals surface area contributed by atoms with Gasteiger partial charge in [-0.05, 0) is 37.1 Å². The van der Waals surface area contributed by atoms with Crippen molar-refractivity contribution in [1.82, 2.24) is 5.32 Å². The van der Waals surface area contributed by atoms with Crippen molar-refractivity contribution in [1.29, 1.82) is 0 Å². The van der Waals surface area contributed by atoms with Gasteiger partial charge in [-0.15, -0.1) is 0 Å². The fourth-order valence-corrected chi connectivity index (χ4v) is 2.08. The minimum atomic E-state index is -0.895. The summed E-state index contributed by atoms with van der Waals surface area (Å²) in [6.07, 6.45) is 1.75. The summed E-state index contributed by atoms with van der Waals surface area (Å²) in [7, 11) is 0. The van der Waals surface area contributed by atoms with E-state index in [1.165, 1.54) is 12.1 Å². The van der Waals surface area contributed by atoms with E-state index in [2.05, 4.69) is 10.6 Å². The minimum absolute atomic E-state index is 0.144. The Hall–Kier alpha value is -1.46. The first-order valence-electron chi connectivity index (χ1n) is 6.11. The summed E-state index contributed by atoms with van der Waals surface area (Å²) in [4.78, 5) is 11.1. The molecule has 0 saturated heterocycles. The molecule has 3 N–H and O–H groups in total. The molecular weight excluding hydrogens is 235 g/mol. The normalized spacial score (nSPS) is 18.7. The lowest BCUT2D eigenvalue weighted by Gasteiger charge is -2.26. The van der Waals surface area contributed by atoms with Crippen molar-refractivity contribution < 1.29 is 14.3 Å². The molecule has 1 atom stereocenters. The highest BCUT2D eigenvalue weighted by molar-refractivity contribution is 5.79. The number of aliphatic hydroxyl groups excluding tert-OH is 1. The molecule has 0 radical (unpaired) electrons. The number of anilines is 1. The highest BCUT2D eigenvalue weighted by Gasteiger charge is 2.20. The molecule has 0 spiro atoms. The molecule has 0 aliphatic heterocycles. The van der Waals surface area contributed by atoms with Gasteiger partial charge in [-0.1, -0.05) is 0 Å². The summed E-state index contributed by atoms with van der Waals surface area (Å²) in [6.45, 7) is 0. The van der Waals surface area contributed by atoms with Gasteiger partial charge in [0, 0.05) is 24.6 Å². The fraction of sp³-hybridized carbons (Fsp3) is 0.462. The third kappa shape index (κ3) is 3.78. The van der Waals surface area contributed by atoms with Gasteiger partial charge in [0.1, 0.15) is 11.6 Å². The summed E-state index contributed by atoms with van der Waals surface area (Å²) in [5.74, 6) is -0.0252. The lowest BCUT2D eigenvalue weighted by molar-refractivity contribution is -0.120. The summed E-state index contributed by atoms with van der Waals surface area (Å²) >= 11 is 0. The van der Waals surface area contributed by atoms with Crippen molar-refractivity contribution in [3.8, 4) is 0 Å². The van der Waals surface area contributed by atoms with Crippen LogP contribution in [0.3, 0.4) is 0 Å². The lowest BCUT2D eigenvalue weighted by atomic mass is 9.94. The third-order valence-corrected chi connectivity index (χ3v) is 3.08. The average Bonchev–Trinajstić information content (AvgIpc) is 2.35. The van der Waals surface area contributed by atoms with Crippen molar-refractivity contribution in [2.24, 2.45) is 0 Å². The van der Waals surface area contributed by atoms with Crippen LogP contribution < -0.4 is 10.6 Å². The number of ketones is 1. The van der Waals surface area contributed by atoms with Crippen LogP contribution in [0.25, 0.3) is 0 Å². The van der Waals surface area contributed by atoms with Gasteiger partial charge in [0.05, 0.1) is 0 Å². The number of benzene rings is 1. The minimum Gasteiger partial charge on any atom is -0.361 e. The smallest absolute Gasteiger partial charge is 0.181 e. The Labute approximate surface area is 105 Å². The van der Waals surface area contributed by atoms with Gasteiger partial charge >= 0.3 is 0 Å². The van der Waals surface area contributed by atoms with E-state index in [0.29, 0.717) is 18.5 Å². The van der Waals surface area contributed by atoms with Crippen molar-refractivity contribution in [3.05, 3.63) is 30.1 Å². The van der Waals surface area contributed by atoms with E-state index >= 15 is 0 Å². The van der Waals surface area contributed by atoms with E-state index in [4.69, 9.17) is 0 Å². The van der Waals surface area contributed by atoms with Crippen molar-refractivity contribution in [3.63, 3.8) is 0 Å². The van der Waals surface area contributed by atoms with Crippen LogP contribution in [0.4, 0.5) is 10.1 Å². The zero-order valence-electron chi connectivity index (χ0n) is 10.0. The number of rotatable bonds is 4. The SMILES string of the molecule is O=C1CCC(NC(O)Nc2ccc(F)cc2)CC1. The molecule has 2 rings (SSSR count). The molecule has 18 heavy (non-hydrogen) atoms. The summed E-state index contributed by atoms with van der Waals surface area (Å²) in [5, 5.41) is 15.6. The second-order valence-electron chi connectivity index (χ2n) is 4.53. The van der Waals surface area contributed by atoms with E-state index < -0.39 is 6.35 Å². The zero-order chi connectivity index (χ0) is 13.0. The Balaban J connectivity index is 1.79. The molecule has 0 heterocycles. The van der Waals surface area contributed by atoms with Crippen LogP contribution in [0.2, 0.25) is 0 Å². The third-order valence-electron chi connectivity index (χ3n) is 3.08.